The van der Waals surface area contributed by atoms with Crippen LogP contribution < -0.4 is 0 Å². The van der Waals surface area contributed by atoms with Gasteiger partial charge in [-0.2, -0.15) is 0 Å². The summed E-state index contributed by atoms with van der Waals surface area (Å²) < 4.78 is 0. The zero-order valence-corrected chi connectivity index (χ0v) is 13.9. The van der Waals surface area contributed by atoms with Crippen molar-refractivity contribution < 1.29 is 24.9 Å². The van der Waals surface area contributed by atoms with E-state index in [4.69, 9.17) is 0 Å². The Bertz CT molecular complexity index is 673. The van der Waals surface area contributed by atoms with Crippen LogP contribution in [0.5, 0.6) is 0 Å². The molecule has 1 amide bonds. The van der Waals surface area contributed by atoms with E-state index in [1.165, 1.54) is 23.6 Å². The number of hydrogen-bond donors (Lipinski definition) is 4. The number of carbonyl (C=O) groups is 2. The summed E-state index contributed by atoms with van der Waals surface area (Å²) in [4.78, 5) is 32.8. The van der Waals surface area contributed by atoms with Gasteiger partial charge in [0.15, 0.2) is 0 Å². The molecule has 1 fully saturated rings. The van der Waals surface area contributed by atoms with Gasteiger partial charge in [0.2, 0.25) is 5.91 Å². The number of aliphatic carboxylic acids is 1. The van der Waals surface area contributed by atoms with Crippen LogP contribution in [-0.2, 0) is 15.3 Å². The Morgan fingerprint density at radius 3 is 2.83 bits per heavy atom. The molecule has 0 aromatic carbocycles. The average Bonchev–Trinajstić information content (AvgIpc) is 3.10. The number of nitrogens with zero attached hydrogens (tertiary/aromatic N) is 2. The first kappa shape index (κ1) is 17.0. The molecular weight excluding hydrogens is 334 g/mol. The average molecular weight is 353 g/mol. The SMILES string of the molecule is C[C@@H](O)[C@H]1C(=O)N2C(C(=O)O)=C(SCc3c[nH]cn3)[C@H](CCO)[C@H]12. The minimum Gasteiger partial charge on any atom is -0.477 e. The lowest BCUT2D eigenvalue weighted by atomic mass is 9.77. The molecule has 0 aliphatic carbocycles. The number of aliphatic hydroxyl groups excluding tert-OH is 2. The van der Waals surface area contributed by atoms with Crippen molar-refractivity contribution >= 4 is 23.6 Å². The van der Waals surface area contributed by atoms with Crippen LogP contribution >= 0.6 is 11.8 Å². The first-order valence-electron chi connectivity index (χ1n) is 7.67. The standard InChI is InChI=1S/C15H19N3O5S/c1-7(20)10-11-9(2-3-19)13(24-5-8-4-16-6-17-8)12(15(22)23)18(11)14(10)21/h4,6-7,9-11,19-20H,2-3,5H2,1H3,(H,16,17)(H,22,23)/t7-,9-,10-,11-/m1/s1. The van der Waals surface area contributed by atoms with Crippen molar-refractivity contribution in [1.29, 1.82) is 0 Å². The summed E-state index contributed by atoms with van der Waals surface area (Å²) in [5, 5.41) is 28.8. The molecule has 1 saturated heterocycles. The fourth-order valence-corrected chi connectivity index (χ4v) is 4.76. The van der Waals surface area contributed by atoms with Gasteiger partial charge in [-0.3, -0.25) is 4.79 Å². The van der Waals surface area contributed by atoms with Crippen LogP contribution in [0.4, 0.5) is 0 Å². The summed E-state index contributed by atoms with van der Waals surface area (Å²) in [5.74, 6) is -1.99. The van der Waals surface area contributed by atoms with Gasteiger partial charge in [-0.25, -0.2) is 9.78 Å². The van der Waals surface area contributed by atoms with Crippen molar-refractivity contribution in [3.05, 3.63) is 28.8 Å². The van der Waals surface area contributed by atoms with Gasteiger partial charge in [0.25, 0.3) is 0 Å². The van der Waals surface area contributed by atoms with Gasteiger partial charge in [-0.1, -0.05) is 0 Å². The number of amides is 1. The van der Waals surface area contributed by atoms with Gasteiger partial charge >= 0.3 is 5.97 Å². The third-order valence-corrected chi connectivity index (χ3v) is 5.75. The third-order valence-electron chi connectivity index (χ3n) is 4.50. The maximum absolute atomic E-state index is 12.3. The van der Waals surface area contributed by atoms with Gasteiger partial charge < -0.3 is 25.2 Å². The number of rotatable bonds is 7. The number of hydrogen-bond acceptors (Lipinski definition) is 6. The number of aromatic nitrogens is 2. The largest absolute Gasteiger partial charge is 0.477 e. The highest BCUT2D eigenvalue weighted by Crippen LogP contribution is 2.52. The van der Waals surface area contributed by atoms with E-state index in [1.54, 1.807) is 12.5 Å². The fraction of sp³-hybridized carbons (Fsp3) is 0.533. The highest BCUT2D eigenvalue weighted by atomic mass is 32.2. The van der Waals surface area contributed by atoms with Crippen LogP contribution in [0, 0.1) is 11.8 Å². The van der Waals surface area contributed by atoms with E-state index in [-0.39, 0.29) is 24.1 Å². The number of carboxylic acid groups (broad SMARTS) is 1. The van der Waals surface area contributed by atoms with Crippen molar-refractivity contribution in [1.82, 2.24) is 14.9 Å². The molecular formula is C15H19N3O5S. The molecule has 9 heteroatoms. The predicted octanol–water partition coefficient (Wildman–Crippen LogP) is 0.159. The quantitative estimate of drug-likeness (QED) is 0.514. The van der Waals surface area contributed by atoms with Crippen LogP contribution in [-0.4, -0.2) is 60.8 Å². The molecule has 0 radical (unpaired) electrons. The van der Waals surface area contributed by atoms with Gasteiger partial charge in [0.1, 0.15) is 5.70 Å². The second-order valence-electron chi connectivity index (χ2n) is 5.95. The zero-order chi connectivity index (χ0) is 17.4. The summed E-state index contributed by atoms with van der Waals surface area (Å²) in [7, 11) is 0. The summed E-state index contributed by atoms with van der Waals surface area (Å²) in [6.45, 7) is 1.42. The van der Waals surface area contributed by atoms with Crippen molar-refractivity contribution in [2.45, 2.75) is 31.2 Å². The molecule has 8 nitrogen and oxygen atoms in total. The maximum Gasteiger partial charge on any atom is 0.353 e. The predicted molar refractivity (Wildman–Crippen MR) is 85.5 cm³/mol. The minimum absolute atomic E-state index is 0.0270. The second kappa shape index (κ2) is 6.58. The first-order valence-corrected chi connectivity index (χ1v) is 8.65. The number of carbonyl (C=O) groups excluding carboxylic acids is 1. The molecule has 0 spiro atoms. The normalized spacial score (nSPS) is 27.2. The molecule has 4 N–H and O–H groups in total. The van der Waals surface area contributed by atoms with E-state index in [9.17, 15) is 24.9 Å². The van der Waals surface area contributed by atoms with Crippen LogP contribution in [0.15, 0.2) is 23.1 Å². The highest BCUT2D eigenvalue weighted by molar-refractivity contribution is 8.02. The lowest BCUT2D eigenvalue weighted by Crippen LogP contribution is -2.64. The number of aliphatic hydroxyl groups is 2. The Morgan fingerprint density at radius 2 is 2.29 bits per heavy atom. The van der Waals surface area contributed by atoms with E-state index in [2.05, 4.69) is 9.97 Å². The molecule has 1 aromatic heterocycles. The van der Waals surface area contributed by atoms with Crippen molar-refractivity contribution in [3.8, 4) is 0 Å². The molecule has 2 aliphatic heterocycles. The summed E-state index contributed by atoms with van der Waals surface area (Å²) >= 11 is 1.32. The Morgan fingerprint density at radius 1 is 1.54 bits per heavy atom. The van der Waals surface area contributed by atoms with E-state index in [0.29, 0.717) is 17.1 Å². The molecule has 2 aliphatic rings. The second-order valence-corrected chi connectivity index (χ2v) is 6.97. The third kappa shape index (κ3) is 2.62. The zero-order valence-electron chi connectivity index (χ0n) is 13.0. The summed E-state index contributed by atoms with van der Waals surface area (Å²) in [5.41, 5.74) is 0.744. The van der Waals surface area contributed by atoms with Crippen LogP contribution in [0.2, 0.25) is 0 Å². The molecule has 4 atom stereocenters. The lowest BCUT2D eigenvalue weighted by Gasteiger charge is -2.46. The maximum atomic E-state index is 12.3. The van der Waals surface area contributed by atoms with Crippen molar-refractivity contribution in [2.75, 3.05) is 6.61 Å². The van der Waals surface area contributed by atoms with Gasteiger partial charge in [-0.15, -0.1) is 11.8 Å². The molecule has 24 heavy (non-hydrogen) atoms. The highest BCUT2D eigenvalue weighted by Gasteiger charge is 2.60. The number of nitrogens with one attached hydrogen (secondary N) is 1. The number of aromatic amines is 1. The molecule has 3 heterocycles. The van der Waals surface area contributed by atoms with Crippen LogP contribution in [0.1, 0.15) is 19.0 Å². The number of β-lactam (4-membered cyclic amide) rings is 1. The smallest absolute Gasteiger partial charge is 0.353 e. The van der Waals surface area contributed by atoms with E-state index in [0.717, 1.165) is 5.69 Å². The Labute approximate surface area is 142 Å². The molecule has 1 aromatic rings. The number of carboxylic acids is 1. The number of thioether (sulfide) groups is 1. The van der Waals surface area contributed by atoms with Crippen LogP contribution in [0.3, 0.4) is 0 Å². The van der Waals surface area contributed by atoms with Gasteiger partial charge in [-0.05, 0) is 13.3 Å². The number of H-pyrrole nitrogens is 1. The Balaban J connectivity index is 1.92. The number of imidazole rings is 1. The van der Waals surface area contributed by atoms with E-state index in [1.807, 2.05) is 0 Å². The summed E-state index contributed by atoms with van der Waals surface area (Å²) in [6.07, 6.45) is 2.76. The summed E-state index contributed by atoms with van der Waals surface area (Å²) in [6, 6.07) is -0.405. The Kier molecular flexibility index (Phi) is 4.66. The molecule has 0 saturated carbocycles. The number of fused-ring (bicyclic) bond motifs is 1. The van der Waals surface area contributed by atoms with Crippen molar-refractivity contribution in [2.24, 2.45) is 11.8 Å². The van der Waals surface area contributed by atoms with Crippen LogP contribution in [0.25, 0.3) is 0 Å². The van der Waals surface area contributed by atoms with E-state index >= 15 is 0 Å². The lowest BCUT2D eigenvalue weighted by molar-refractivity contribution is -0.163. The molecule has 0 bridgehead atoms. The molecule has 3 rings (SSSR count). The van der Waals surface area contributed by atoms with Gasteiger partial charge in [0, 0.05) is 29.4 Å². The monoisotopic (exact) mass is 353 g/mol. The van der Waals surface area contributed by atoms with Gasteiger partial charge in [0.05, 0.1) is 30.1 Å². The minimum atomic E-state index is -1.16. The first-order chi connectivity index (χ1) is 11.5. The molecule has 130 valence electrons. The topological polar surface area (TPSA) is 127 Å². The molecule has 0 unspecified atom stereocenters. The van der Waals surface area contributed by atoms with Crippen molar-refractivity contribution in [3.63, 3.8) is 0 Å². The fourth-order valence-electron chi connectivity index (χ4n) is 3.51. The Hall–Kier alpha value is -1.84. The van der Waals surface area contributed by atoms with E-state index < -0.39 is 24.0 Å².